The number of rotatable bonds is 4. The first-order valence-corrected chi connectivity index (χ1v) is 18.7. The summed E-state index contributed by atoms with van der Waals surface area (Å²) in [6.45, 7) is 0. The number of benzene rings is 7. The van der Waals surface area contributed by atoms with Crippen molar-refractivity contribution in [3.63, 3.8) is 0 Å². The molecule has 12 rings (SSSR count). The Kier molecular flexibility index (Phi) is 6.27. The fourth-order valence-electron chi connectivity index (χ4n) is 9.06. The second-order valence-electron chi connectivity index (χ2n) is 14.2. The van der Waals surface area contributed by atoms with E-state index in [2.05, 4.69) is 172 Å². The first-order chi connectivity index (χ1) is 27.3. The lowest BCUT2D eigenvalue weighted by molar-refractivity contribution is 1.08. The Morgan fingerprint density at radius 2 is 1.05 bits per heavy atom. The zero-order valence-corrected chi connectivity index (χ0v) is 29.6. The number of hydrogen-bond donors (Lipinski definition) is 0. The maximum atomic E-state index is 4.93. The van der Waals surface area contributed by atoms with Crippen LogP contribution < -0.4 is 4.90 Å². The van der Waals surface area contributed by atoms with Crippen molar-refractivity contribution in [2.75, 3.05) is 4.90 Å². The molecular weight excluding hydrogens is 671 g/mol. The van der Waals surface area contributed by atoms with Crippen LogP contribution in [0.2, 0.25) is 0 Å². The highest BCUT2D eigenvalue weighted by Crippen LogP contribution is 2.54. The molecule has 5 heterocycles. The van der Waals surface area contributed by atoms with Crippen LogP contribution in [0.4, 0.5) is 17.2 Å². The molecule has 5 heteroatoms. The van der Waals surface area contributed by atoms with Crippen LogP contribution in [0.3, 0.4) is 0 Å². The molecular formula is C50H31N5. The summed E-state index contributed by atoms with van der Waals surface area (Å²) in [4.78, 5) is 12.0. The second kappa shape index (κ2) is 11.5. The van der Waals surface area contributed by atoms with Gasteiger partial charge in [-0.2, -0.15) is 0 Å². The van der Waals surface area contributed by atoms with Gasteiger partial charge in [0.15, 0.2) is 0 Å². The number of hydrogen-bond acceptors (Lipinski definition) is 3. The van der Waals surface area contributed by atoms with Crippen molar-refractivity contribution >= 4 is 71.6 Å². The average molecular weight is 702 g/mol. The molecule has 1 aliphatic rings. The Morgan fingerprint density at radius 1 is 0.382 bits per heavy atom. The van der Waals surface area contributed by atoms with E-state index in [1.54, 1.807) is 0 Å². The molecule has 0 atom stereocenters. The lowest BCUT2D eigenvalue weighted by Crippen LogP contribution is -2.16. The Balaban J connectivity index is 1.09. The second-order valence-corrected chi connectivity index (χ2v) is 14.2. The Labute approximate surface area is 316 Å². The van der Waals surface area contributed by atoms with Gasteiger partial charge in [-0.15, -0.1) is 0 Å². The number of aromatic nitrogens is 4. The molecule has 0 saturated carbocycles. The molecule has 0 unspecified atom stereocenters. The third-order valence-electron chi connectivity index (χ3n) is 11.3. The van der Waals surface area contributed by atoms with Gasteiger partial charge >= 0.3 is 0 Å². The molecule has 0 N–H and O–H groups in total. The van der Waals surface area contributed by atoms with E-state index in [9.17, 15) is 0 Å². The lowest BCUT2D eigenvalue weighted by Gasteiger charge is -2.33. The summed E-state index contributed by atoms with van der Waals surface area (Å²) >= 11 is 0. The van der Waals surface area contributed by atoms with E-state index in [4.69, 9.17) is 9.97 Å². The number of nitrogens with zero attached hydrogens (tertiary/aromatic N) is 5. The van der Waals surface area contributed by atoms with E-state index >= 15 is 0 Å². The lowest BCUT2D eigenvalue weighted by atomic mass is 9.89. The summed E-state index contributed by atoms with van der Waals surface area (Å²) in [5.41, 5.74) is 12.8. The topological polar surface area (TPSA) is 38.9 Å². The van der Waals surface area contributed by atoms with E-state index in [0.717, 1.165) is 56.3 Å². The van der Waals surface area contributed by atoms with Crippen LogP contribution in [0.15, 0.2) is 188 Å². The van der Waals surface area contributed by atoms with Crippen LogP contribution in [0.5, 0.6) is 0 Å². The summed E-state index contributed by atoms with van der Waals surface area (Å²) in [7, 11) is 0. The minimum Gasteiger partial charge on any atom is -0.309 e. The van der Waals surface area contributed by atoms with E-state index in [-0.39, 0.29) is 0 Å². The summed E-state index contributed by atoms with van der Waals surface area (Å²) in [6, 6.07) is 63.3. The minimum absolute atomic E-state index is 0.900. The van der Waals surface area contributed by atoms with Crippen LogP contribution >= 0.6 is 0 Å². The molecule has 0 saturated heterocycles. The molecule has 0 aliphatic carbocycles. The van der Waals surface area contributed by atoms with Crippen molar-refractivity contribution in [2.45, 2.75) is 0 Å². The Hall–Kier alpha value is -7.50. The molecule has 7 aromatic carbocycles. The third kappa shape index (κ3) is 4.29. The highest BCUT2D eigenvalue weighted by molar-refractivity contribution is 6.24. The van der Waals surface area contributed by atoms with Gasteiger partial charge in [-0.3, -0.25) is 9.47 Å². The van der Waals surface area contributed by atoms with Crippen LogP contribution in [0, 0.1) is 0 Å². The largest absolute Gasteiger partial charge is 0.309 e. The van der Waals surface area contributed by atoms with E-state index in [1.165, 1.54) is 49.0 Å². The van der Waals surface area contributed by atoms with Crippen molar-refractivity contribution in [3.8, 4) is 33.8 Å². The molecule has 0 spiro atoms. The average Bonchev–Trinajstić information content (AvgIpc) is 3.77. The summed E-state index contributed by atoms with van der Waals surface area (Å²) < 4.78 is 4.69. The van der Waals surface area contributed by atoms with Gasteiger partial charge in [0.25, 0.3) is 0 Å². The fourth-order valence-corrected chi connectivity index (χ4v) is 9.06. The van der Waals surface area contributed by atoms with Gasteiger partial charge in [0.05, 0.1) is 33.4 Å². The fraction of sp³-hybridized carbons (Fsp3) is 0. The van der Waals surface area contributed by atoms with Crippen molar-refractivity contribution in [3.05, 3.63) is 188 Å². The first-order valence-electron chi connectivity index (χ1n) is 18.7. The summed E-state index contributed by atoms with van der Waals surface area (Å²) in [5.74, 6) is 1.82. The first kappa shape index (κ1) is 30.0. The predicted molar refractivity (Wildman–Crippen MR) is 227 cm³/mol. The Morgan fingerprint density at radius 3 is 1.87 bits per heavy atom. The molecule has 0 radical (unpaired) electrons. The Bertz CT molecular complexity index is 3320. The van der Waals surface area contributed by atoms with Gasteiger partial charge in [-0.25, -0.2) is 9.97 Å². The molecule has 0 fully saturated rings. The van der Waals surface area contributed by atoms with Crippen LogP contribution in [0.25, 0.3) is 88.1 Å². The van der Waals surface area contributed by atoms with Crippen LogP contribution in [-0.2, 0) is 0 Å². The quantitative estimate of drug-likeness (QED) is 0.183. The molecule has 1 aliphatic heterocycles. The van der Waals surface area contributed by atoms with Crippen molar-refractivity contribution in [1.29, 1.82) is 0 Å². The predicted octanol–water partition coefficient (Wildman–Crippen LogP) is 12.9. The van der Waals surface area contributed by atoms with Crippen LogP contribution in [-0.4, -0.2) is 19.1 Å². The number of fused-ring (bicyclic) bond motifs is 9. The highest BCUT2D eigenvalue weighted by Gasteiger charge is 2.30. The van der Waals surface area contributed by atoms with E-state index in [0.29, 0.717) is 0 Å². The van der Waals surface area contributed by atoms with Gasteiger partial charge < -0.3 is 4.57 Å². The SMILES string of the molecule is c1ccc(N2c3cccc4cccc(c34)-c3ccc4c(c32)c2ccccc2n4-c2cccc(-c3ccc4c(c3)c3ccccc3n4-c3ccccn3)c2)nc1. The maximum absolute atomic E-state index is 4.93. The minimum atomic E-state index is 0.900. The van der Waals surface area contributed by atoms with Crippen molar-refractivity contribution in [2.24, 2.45) is 0 Å². The summed E-state index contributed by atoms with van der Waals surface area (Å²) in [5, 5.41) is 7.30. The number of para-hydroxylation sites is 2. The van der Waals surface area contributed by atoms with Gasteiger partial charge in [-0.1, -0.05) is 103 Å². The smallest absolute Gasteiger partial charge is 0.137 e. The monoisotopic (exact) mass is 701 g/mol. The summed E-state index contributed by atoms with van der Waals surface area (Å²) in [6.07, 6.45) is 3.74. The van der Waals surface area contributed by atoms with Gasteiger partial charge in [0, 0.05) is 50.6 Å². The van der Waals surface area contributed by atoms with Gasteiger partial charge in [-0.05, 0) is 94.9 Å². The van der Waals surface area contributed by atoms with Gasteiger partial charge in [0.1, 0.15) is 11.6 Å². The molecule has 4 aromatic heterocycles. The van der Waals surface area contributed by atoms with Crippen LogP contribution in [0.1, 0.15) is 0 Å². The number of pyridine rings is 2. The van der Waals surface area contributed by atoms with Gasteiger partial charge in [0.2, 0.25) is 0 Å². The zero-order chi connectivity index (χ0) is 36.0. The molecule has 0 amide bonds. The molecule has 0 bridgehead atoms. The maximum Gasteiger partial charge on any atom is 0.137 e. The van der Waals surface area contributed by atoms with E-state index in [1.807, 2.05) is 30.6 Å². The number of anilines is 3. The van der Waals surface area contributed by atoms with Crippen molar-refractivity contribution < 1.29 is 0 Å². The standard InChI is InChI=1S/C50H31N5/c1-3-19-41-36(16-1)40-31-34(24-26-43(40)54(41)46-22-5-7-28-51-46)33-14-9-15-35(30-33)53-42-20-4-2-17-39(42)49-45(53)27-25-38-37-18-10-12-32-13-11-21-44(48(32)37)55(50(38)49)47-23-6-8-29-52-47/h1-31H. The molecule has 256 valence electrons. The normalized spacial score (nSPS) is 12.3. The van der Waals surface area contributed by atoms with Crippen molar-refractivity contribution in [1.82, 2.24) is 19.1 Å². The van der Waals surface area contributed by atoms with E-state index < -0.39 is 0 Å². The third-order valence-corrected chi connectivity index (χ3v) is 11.3. The highest BCUT2D eigenvalue weighted by atomic mass is 15.2. The zero-order valence-electron chi connectivity index (χ0n) is 29.6. The molecule has 55 heavy (non-hydrogen) atoms. The molecule has 5 nitrogen and oxygen atoms in total. The molecule has 11 aromatic rings.